The van der Waals surface area contributed by atoms with Gasteiger partial charge in [0.25, 0.3) is 0 Å². The van der Waals surface area contributed by atoms with Gasteiger partial charge in [-0.3, -0.25) is 0 Å². The molecule has 0 saturated heterocycles. The van der Waals surface area contributed by atoms with Gasteiger partial charge in [0.2, 0.25) is 0 Å². The smallest absolute Gasteiger partial charge is 0.0962 e. The Kier molecular flexibility index (Phi) is 6.94. The van der Waals surface area contributed by atoms with E-state index >= 15 is 0 Å². The maximum absolute atomic E-state index is 11.8. The van der Waals surface area contributed by atoms with Crippen LogP contribution in [0.2, 0.25) is 5.02 Å². The molecule has 0 unspecified atom stereocenters. The lowest BCUT2D eigenvalue weighted by atomic mass is 9.67. The van der Waals surface area contributed by atoms with Crippen LogP contribution < -0.4 is 0 Å². The molecule has 1 aromatic rings. The van der Waals surface area contributed by atoms with Crippen molar-refractivity contribution in [2.24, 2.45) is 11.8 Å². The van der Waals surface area contributed by atoms with Crippen LogP contribution in [-0.4, -0.2) is 29.6 Å². The van der Waals surface area contributed by atoms with Gasteiger partial charge in [0.15, 0.2) is 0 Å². The number of halogens is 1. The first kappa shape index (κ1) is 18.8. The fraction of sp³-hybridized carbons (Fsp3) is 0.700. The second kappa shape index (κ2) is 8.50. The van der Waals surface area contributed by atoms with E-state index in [1.165, 1.54) is 19.3 Å². The highest BCUT2D eigenvalue weighted by Gasteiger charge is 2.43. The molecular weight excluding hydrogens is 306 g/mol. The lowest BCUT2D eigenvalue weighted by molar-refractivity contribution is -0.0903. The number of nitrogens with zero attached hydrogens (tertiary/aromatic N) is 1. The Hall–Kier alpha value is -0.570. The van der Waals surface area contributed by atoms with Crippen molar-refractivity contribution in [3.05, 3.63) is 34.9 Å². The van der Waals surface area contributed by atoms with E-state index in [0.29, 0.717) is 5.92 Å². The predicted molar refractivity (Wildman–Crippen MR) is 98.9 cm³/mol. The van der Waals surface area contributed by atoms with Crippen molar-refractivity contribution in [2.75, 3.05) is 19.6 Å². The standard InChI is InChI=1S/C20H32ClNO/c1-4-22(5-2)15-16(3)20(23,17-9-7-6-8-10-17)18-11-13-19(21)14-12-18/h11-14,16-17,23H,4-10,15H2,1-3H3/t16-,20-/m0/s1. The summed E-state index contributed by atoms with van der Waals surface area (Å²) in [5.41, 5.74) is 0.279. The van der Waals surface area contributed by atoms with E-state index in [0.717, 1.165) is 43.1 Å². The monoisotopic (exact) mass is 337 g/mol. The van der Waals surface area contributed by atoms with Crippen LogP contribution in [0.15, 0.2) is 24.3 Å². The Morgan fingerprint density at radius 1 is 1.13 bits per heavy atom. The molecule has 0 radical (unpaired) electrons. The molecule has 0 aliphatic heterocycles. The third-order valence-corrected chi connectivity index (χ3v) is 5.96. The number of hydrogen-bond acceptors (Lipinski definition) is 2. The quantitative estimate of drug-likeness (QED) is 0.749. The number of aliphatic hydroxyl groups is 1. The van der Waals surface area contributed by atoms with Gasteiger partial charge in [0.05, 0.1) is 5.60 Å². The first-order valence-corrected chi connectivity index (χ1v) is 9.60. The van der Waals surface area contributed by atoms with Crippen LogP contribution in [0.1, 0.15) is 58.4 Å². The van der Waals surface area contributed by atoms with Crippen LogP contribution in [0, 0.1) is 11.8 Å². The van der Waals surface area contributed by atoms with E-state index in [4.69, 9.17) is 11.6 Å². The summed E-state index contributed by atoms with van der Waals surface area (Å²) in [6.07, 6.45) is 6.03. The summed E-state index contributed by atoms with van der Waals surface area (Å²) < 4.78 is 0. The van der Waals surface area contributed by atoms with Crippen LogP contribution in [0.4, 0.5) is 0 Å². The van der Waals surface area contributed by atoms with Crippen molar-refractivity contribution in [1.29, 1.82) is 0 Å². The van der Waals surface area contributed by atoms with Gasteiger partial charge in [0, 0.05) is 17.5 Å². The van der Waals surface area contributed by atoms with E-state index in [2.05, 4.69) is 25.7 Å². The molecule has 0 amide bonds. The summed E-state index contributed by atoms with van der Waals surface area (Å²) in [6, 6.07) is 7.87. The van der Waals surface area contributed by atoms with Gasteiger partial charge >= 0.3 is 0 Å². The van der Waals surface area contributed by atoms with Crippen molar-refractivity contribution in [1.82, 2.24) is 4.90 Å². The molecule has 1 N–H and O–H groups in total. The molecule has 1 saturated carbocycles. The van der Waals surface area contributed by atoms with Gasteiger partial charge in [0.1, 0.15) is 0 Å². The summed E-state index contributed by atoms with van der Waals surface area (Å²) in [7, 11) is 0. The number of hydrogen-bond donors (Lipinski definition) is 1. The van der Waals surface area contributed by atoms with Crippen molar-refractivity contribution >= 4 is 11.6 Å². The molecule has 0 bridgehead atoms. The van der Waals surface area contributed by atoms with Gasteiger partial charge in [-0.15, -0.1) is 0 Å². The summed E-state index contributed by atoms with van der Waals surface area (Å²) >= 11 is 6.07. The minimum atomic E-state index is -0.756. The Labute approximate surface area is 146 Å². The zero-order valence-corrected chi connectivity index (χ0v) is 15.6. The molecule has 1 aliphatic rings. The van der Waals surface area contributed by atoms with Crippen LogP contribution in [-0.2, 0) is 5.60 Å². The molecule has 1 fully saturated rings. The molecule has 0 spiro atoms. The maximum Gasteiger partial charge on any atom is 0.0962 e. The van der Waals surface area contributed by atoms with E-state index < -0.39 is 5.60 Å². The topological polar surface area (TPSA) is 23.5 Å². The van der Waals surface area contributed by atoms with E-state index in [1.807, 2.05) is 24.3 Å². The third-order valence-electron chi connectivity index (χ3n) is 5.71. The average molecular weight is 338 g/mol. The Morgan fingerprint density at radius 2 is 1.70 bits per heavy atom. The lowest BCUT2D eigenvalue weighted by Gasteiger charge is -2.44. The third kappa shape index (κ3) is 4.29. The van der Waals surface area contributed by atoms with Crippen LogP contribution in [0.5, 0.6) is 0 Å². The van der Waals surface area contributed by atoms with Gasteiger partial charge in [-0.05, 0) is 49.5 Å². The number of benzene rings is 1. The largest absolute Gasteiger partial charge is 0.385 e. The zero-order valence-electron chi connectivity index (χ0n) is 14.9. The molecule has 1 aliphatic carbocycles. The average Bonchev–Trinajstić information content (AvgIpc) is 2.60. The molecule has 3 heteroatoms. The van der Waals surface area contributed by atoms with E-state index in [9.17, 15) is 5.11 Å². The first-order valence-electron chi connectivity index (χ1n) is 9.23. The summed E-state index contributed by atoms with van der Waals surface area (Å²) in [6.45, 7) is 9.59. The van der Waals surface area contributed by atoms with Crippen LogP contribution in [0.25, 0.3) is 0 Å². The first-order chi connectivity index (χ1) is 11.0. The second-order valence-corrected chi connectivity index (χ2v) is 7.49. The zero-order chi connectivity index (χ0) is 16.9. The molecule has 1 aromatic carbocycles. The maximum atomic E-state index is 11.8. The molecule has 0 heterocycles. The lowest BCUT2D eigenvalue weighted by Crippen LogP contribution is -2.46. The summed E-state index contributed by atoms with van der Waals surface area (Å²) in [5, 5.41) is 12.6. The van der Waals surface area contributed by atoms with Gasteiger partial charge in [-0.1, -0.05) is 63.8 Å². The molecule has 0 aromatic heterocycles. The highest BCUT2D eigenvalue weighted by atomic mass is 35.5. The SMILES string of the molecule is CCN(CC)C[C@H](C)[C@@](O)(c1ccc(Cl)cc1)C1CCCCC1. The minimum absolute atomic E-state index is 0.201. The fourth-order valence-corrected chi connectivity index (χ4v) is 4.32. The van der Waals surface area contributed by atoms with Crippen molar-refractivity contribution in [2.45, 2.75) is 58.5 Å². The second-order valence-electron chi connectivity index (χ2n) is 7.05. The molecule has 2 nitrogen and oxygen atoms in total. The fourth-order valence-electron chi connectivity index (χ4n) is 4.19. The predicted octanol–water partition coefficient (Wildman–Crippen LogP) is 5.09. The Balaban J connectivity index is 2.31. The minimum Gasteiger partial charge on any atom is -0.385 e. The van der Waals surface area contributed by atoms with Crippen LogP contribution >= 0.6 is 11.6 Å². The normalized spacial score (nSPS) is 20.4. The van der Waals surface area contributed by atoms with Gasteiger partial charge in [-0.25, -0.2) is 0 Å². The highest BCUT2D eigenvalue weighted by molar-refractivity contribution is 6.30. The van der Waals surface area contributed by atoms with Crippen molar-refractivity contribution in [3.8, 4) is 0 Å². The van der Waals surface area contributed by atoms with E-state index in [-0.39, 0.29) is 5.92 Å². The van der Waals surface area contributed by atoms with Crippen molar-refractivity contribution < 1.29 is 5.11 Å². The molecule has 2 atom stereocenters. The molecular formula is C20H32ClNO. The van der Waals surface area contributed by atoms with Gasteiger partial charge in [-0.2, -0.15) is 0 Å². The van der Waals surface area contributed by atoms with Crippen molar-refractivity contribution in [3.63, 3.8) is 0 Å². The molecule has 2 rings (SSSR count). The molecule has 23 heavy (non-hydrogen) atoms. The molecule has 130 valence electrons. The van der Waals surface area contributed by atoms with Crippen LogP contribution in [0.3, 0.4) is 0 Å². The summed E-state index contributed by atoms with van der Waals surface area (Å²) in [4.78, 5) is 2.41. The Bertz CT molecular complexity index is 465. The highest BCUT2D eigenvalue weighted by Crippen LogP contribution is 2.44. The Morgan fingerprint density at radius 3 is 2.22 bits per heavy atom. The van der Waals surface area contributed by atoms with E-state index in [1.54, 1.807) is 0 Å². The van der Waals surface area contributed by atoms with Gasteiger partial charge < -0.3 is 10.0 Å². The summed E-state index contributed by atoms with van der Waals surface area (Å²) in [5.74, 6) is 0.551. The number of rotatable bonds is 7.